The Bertz CT molecular complexity index is 476. The molecule has 0 amide bonds. The first-order valence-corrected chi connectivity index (χ1v) is 7.25. The van der Waals surface area contributed by atoms with Crippen molar-refractivity contribution >= 4 is 15.9 Å². The predicted molar refractivity (Wildman–Crippen MR) is 79.2 cm³/mol. The molecule has 0 N–H and O–H groups in total. The summed E-state index contributed by atoms with van der Waals surface area (Å²) in [7, 11) is 1.63. The number of hydrogen-bond acceptors (Lipinski definition) is 5. The first-order chi connectivity index (χ1) is 9.57. The number of methoxy groups -OCH3 is 1. The molecule has 0 radical (unpaired) electrons. The van der Waals surface area contributed by atoms with Crippen molar-refractivity contribution in [1.82, 2.24) is 9.55 Å². The molecule has 0 spiro atoms. The highest BCUT2D eigenvalue weighted by Gasteiger charge is 2.08. The summed E-state index contributed by atoms with van der Waals surface area (Å²) in [5, 5.41) is 0. The van der Waals surface area contributed by atoms with Gasteiger partial charge in [-0.05, 0) is 29.8 Å². The van der Waals surface area contributed by atoms with Crippen LogP contribution in [0.2, 0.25) is 0 Å². The van der Waals surface area contributed by atoms with Gasteiger partial charge in [-0.15, -0.1) is 0 Å². The Labute approximate surface area is 127 Å². The van der Waals surface area contributed by atoms with E-state index < -0.39 is 0 Å². The standard InChI is InChI=1S/C13H21BrN2O4/c1-10-12(14)11(2)16(13(17)15-10)4-5-19-8-9-20-7-6-18-3/h4-9H2,1-3H3. The summed E-state index contributed by atoms with van der Waals surface area (Å²) in [6.45, 7) is 6.78. The Morgan fingerprint density at radius 3 is 2.35 bits per heavy atom. The van der Waals surface area contributed by atoms with E-state index in [-0.39, 0.29) is 5.69 Å². The number of aromatic nitrogens is 2. The van der Waals surface area contributed by atoms with Crippen LogP contribution in [-0.2, 0) is 20.8 Å². The van der Waals surface area contributed by atoms with E-state index in [0.29, 0.717) is 45.3 Å². The highest BCUT2D eigenvalue weighted by atomic mass is 79.9. The summed E-state index contributed by atoms with van der Waals surface area (Å²) in [6.07, 6.45) is 0. The van der Waals surface area contributed by atoms with Crippen molar-refractivity contribution in [2.75, 3.05) is 40.1 Å². The van der Waals surface area contributed by atoms with E-state index >= 15 is 0 Å². The third-order valence-corrected chi connectivity index (χ3v) is 3.95. The van der Waals surface area contributed by atoms with Gasteiger partial charge in [0.25, 0.3) is 0 Å². The fraction of sp³-hybridized carbons (Fsp3) is 0.692. The number of ether oxygens (including phenoxy) is 3. The molecular weight excluding hydrogens is 328 g/mol. The molecule has 0 aliphatic heterocycles. The second kappa shape index (κ2) is 9.23. The van der Waals surface area contributed by atoms with Crippen LogP contribution in [0.1, 0.15) is 11.4 Å². The van der Waals surface area contributed by atoms with Gasteiger partial charge < -0.3 is 14.2 Å². The monoisotopic (exact) mass is 348 g/mol. The lowest BCUT2D eigenvalue weighted by Crippen LogP contribution is -2.28. The van der Waals surface area contributed by atoms with Crippen LogP contribution in [0.4, 0.5) is 0 Å². The molecule has 0 saturated heterocycles. The van der Waals surface area contributed by atoms with Gasteiger partial charge in [-0.25, -0.2) is 4.79 Å². The van der Waals surface area contributed by atoms with Gasteiger partial charge in [0.15, 0.2) is 0 Å². The van der Waals surface area contributed by atoms with Crippen LogP contribution in [0.15, 0.2) is 9.27 Å². The van der Waals surface area contributed by atoms with E-state index in [4.69, 9.17) is 14.2 Å². The molecule has 0 fully saturated rings. The number of nitrogens with zero attached hydrogens (tertiary/aromatic N) is 2. The average molecular weight is 349 g/mol. The van der Waals surface area contributed by atoms with Gasteiger partial charge in [0.05, 0.1) is 49.7 Å². The number of rotatable bonds is 9. The first kappa shape index (κ1) is 17.3. The molecule has 20 heavy (non-hydrogen) atoms. The molecule has 0 bridgehead atoms. The second-order valence-electron chi connectivity index (χ2n) is 4.25. The van der Waals surface area contributed by atoms with Gasteiger partial charge in [0, 0.05) is 12.8 Å². The van der Waals surface area contributed by atoms with E-state index in [2.05, 4.69) is 20.9 Å². The average Bonchev–Trinajstić information content (AvgIpc) is 2.42. The summed E-state index contributed by atoms with van der Waals surface area (Å²) in [5.74, 6) is 0. The minimum atomic E-state index is -0.247. The summed E-state index contributed by atoms with van der Waals surface area (Å²) in [6, 6.07) is 0. The zero-order chi connectivity index (χ0) is 15.0. The SMILES string of the molecule is COCCOCCOCCn1c(C)c(Br)c(C)nc1=O. The van der Waals surface area contributed by atoms with Crippen molar-refractivity contribution in [3.63, 3.8) is 0 Å². The zero-order valence-electron chi connectivity index (χ0n) is 12.1. The minimum Gasteiger partial charge on any atom is -0.382 e. The van der Waals surface area contributed by atoms with Crippen molar-refractivity contribution < 1.29 is 14.2 Å². The largest absolute Gasteiger partial charge is 0.382 e. The molecule has 7 heteroatoms. The Hall–Kier alpha value is -0.760. The fourth-order valence-electron chi connectivity index (χ4n) is 1.66. The van der Waals surface area contributed by atoms with Crippen LogP contribution in [0.3, 0.4) is 0 Å². The van der Waals surface area contributed by atoms with E-state index in [1.165, 1.54) is 0 Å². The summed E-state index contributed by atoms with van der Waals surface area (Å²) in [4.78, 5) is 15.7. The lowest BCUT2D eigenvalue weighted by molar-refractivity contribution is 0.0227. The van der Waals surface area contributed by atoms with Crippen LogP contribution in [0.25, 0.3) is 0 Å². The quantitative estimate of drug-likeness (QED) is 0.629. The highest BCUT2D eigenvalue weighted by molar-refractivity contribution is 9.10. The molecular formula is C13H21BrN2O4. The maximum Gasteiger partial charge on any atom is 0.348 e. The smallest absolute Gasteiger partial charge is 0.348 e. The molecule has 6 nitrogen and oxygen atoms in total. The third-order valence-electron chi connectivity index (χ3n) is 2.80. The number of halogens is 1. The first-order valence-electron chi connectivity index (χ1n) is 6.46. The maximum absolute atomic E-state index is 11.8. The van der Waals surface area contributed by atoms with Gasteiger partial charge in [-0.3, -0.25) is 4.57 Å². The number of aryl methyl sites for hydroxylation is 1. The number of hydrogen-bond donors (Lipinski definition) is 0. The van der Waals surface area contributed by atoms with Crippen molar-refractivity contribution in [1.29, 1.82) is 0 Å². The summed E-state index contributed by atoms with van der Waals surface area (Å²) >= 11 is 3.43. The van der Waals surface area contributed by atoms with Gasteiger partial charge in [-0.1, -0.05) is 0 Å². The second-order valence-corrected chi connectivity index (χ2v) is 5.04. The predicted octanol–water partition coefficient (Wildman–Crippen LogP) is 1.30. The highest BCUT2D eigenvalue weighted by Crippen LogP contribution is 2.16. The molecule has 1 aromatic rings. The van der Waals surface area contributed by atoms with E-state index in [1.54, 1.807) is 18.6 Å². The molecule has 1 heterocycles. The molecule has 0 aliphatic rings. The zero-order valence-corrected chi connectivity index (χ0v) is 13.7. The molecule has 0 atom stereocenters. The Morgan fingerprint density at radius 1 is 1.10 bits per heavy atom. The minimum absolute atomic E-state index is 0.247. The van der Waals surface area contributed by atoms with Crippen LogP contribution >= 0.6 is 15.9 Å². The van der Waals surface area contributed by atoms with Crippen molar-refractivity contribution in [2.24, 2.45) is 0 Å². The lowest BCUT2D eigenvalue weighted by atomic mass is 10.3. The van der Waals surface area contributed by atoms with Gasteiger partial charge in [0.1, 0.15) is 0 Å². The molecule has 114 valence electrons. The van der Waals surface area contributed by atoms with Gasteiger partial charge >= 0.3 is 5.69 Å². The van der Waals surface area contributed by atoms with E-state index in [9.17, 15) is 4.79 Å². The van der Waals surface area contributed by atoms with Gasteiger partial charge in [0.2, 0.25) is 0 Å². The molecule has 1 aromatic heterocycles. The van der Waals surface area contributed by atoms with Crippen LogP contribution in [0, 0.1) is 13.8 Å². The van der Waals surface area contributed by atoms with Crippen molar-refractivity contribution in [3.8, 4) is 0 Å². The summed E-state index contributed by atoms with van der Waals surface area (Å²) in [5.41, 5.74) is 1.32. The van der Waals surface area contributed by atoms with Crippen LogP contribution < -0.4 is 5.69 Å². The topological polar surface area (TPSA) is 62.6 Å². The molecule has 0 aliphatic carbocycles. The molecule has 1 rings (SSSR count). The van der Waals surface area contributed by atoms with E-state index in [0.717, 1.165) is 10.2 Å². The van der Waals surface area contributed by atoms with E-state index in [1.807, 2.05) is 6.92 Å². The Kier molecular flexibility index (Phi) is 7.98. The molecule has 0 aromatic carbocycles. The lowest BCUT2D eigenvalue weighted by Gasteiger charge is -2.12. The third kappa shape index (κ3) is 5.32. The van der Waals surface area contributed by atoms with Crippen molar-refractivity contribution in [2.45, 2.75) is 20.4 Å². The molecule has 0 saturated carbocycles. The normalized spacial score (nSPS) is 11.0. The van der Waals surface area contributed by atoms with Crippen LogP contribution in [-0.4, -0.2) is 49.7 Å². The van der Waals surface area contributed by atoms with Gasteiger partial charge in [-0.2, -0.15) is 4.98 Å². The maximum atomic E-state index is 11.8. The summed E-state index contributed by atoms with van der Waals surface area (Å²) < 4.78 is 18.0. The molecule has 0 unspecified atom stereocenters. The fourth-order valence-corrected chi connectivity index (χ4v) is 1.96. The van der Waals surface area contributed by atoms with Crippen molar-refractivity contribution in [3.05, 3.63) is 26.3 Å². The Morgan fingerprint density at radius 2 is 1.70 bits per heavy atom. The Balaban J connectivity index is 2.33. The van der Waals surface area contributed by atoms with Crippen LogP contribution in [0.5, 0.6) is 0 Å².